The maximum atomic E-state index is 12.2. The largest absolute Gasteiger partial charge is 0.508 e. The van der Waals surface area contributed by atoms with Gasteiger partial charge in [0.2, 0.25) is 0 Å². The van der Waals surface area contributed by atoms with Crippen LogP contribution in [0.25, 0.3) is 0 Å². The average molecular weight is 249 g/mol. The predicted molar refractivity (Wildman–Crippen MR) is 56.5 cm³/mol. The molecule has 0 saturated heterocycles. The Kier molecular flexibility index (Phi) is 4.00. The molecule has 0 spiro atoms. The van der Waals surface area contributed by atoms with E-state index in [2.05, 4.69) is 0 Å². The highest BCUT2D eigenvalue weighted by Gasteiger charge is 2.38. The van der Waals surface area contributed by atoms with Gasteiger partial charge in [0.05, 0.1) is 6.10 Å². The van der Waals surface area contributed by atoms with Crippen LogP contribution in [0.4, 0.5) is 13.2 Å². The van der Waals surface area contributed by atoms with Crippen molar-refractivity contribution in [2.24, 2.45) is 5.73 Å². The molecular weight excluding hydrogens is 235 g/mol. The van der Waals surface area contributed by atoms with Gasteiger partial charge in [0.25, 0.3) is 0 Å². The zero-order valence-electron chi connectivity index (χ0n) is 9.20. The van der Waals surface area contributed by atoms with Gasteiger partial charge in [-0.15, -0.1) is 0 Å². The Labute approximate surface area is 96.7 Å². The Balaban J connectivity index is 2.83. The lowest BCUT2D eigenvalue weighted by molar-refractivity contribution is -0.153. The summed E-state index contributed by atoms with van der Waals surface area (Å²) >= 11 is 0. The molecule has 1 rings (SSSR count). The molecule has 0 bridgehead atoms. The average Bonchev–Trinajstić information content (AvgIpc) is 2.20. The number of aliphatic hydroxyl groups is 1. The number of phenols is 1. The van der Waals surface area contributed by atoms with Crippen LogP contribution in [0.15, 0.2) is 18.2 Å². The van der Waals surface area contributed by atoms with E-state index in [9.17, 15) is 23.4 Å². The van der Waals surface area contributed by atoms with E-state index in [-0.39, 0.29) is 11.3 Å². The zero-order valence-corrected chi connectivity index (χ0v) is 9.20. The van der Waals surface area contributed by atoms with Gasteiger partial charge in [-0.2, -0.15) is 13.2 Å². The first-order valence-electron chi connectivity index (χ1n) is 5.01. The second-order valence-corrected chi connectivity index (χ2v) is 3.96. The van der Waals surface area contributed by atoms with Gasteiger partial charge < -0.3 is 15.9 Å². The normalized spacial score (nSPS) is 15.6. The molecule has 0 saturated carbocycles. The fourth-order valence-corrected chi connectivity index (χ4v) is 1.44. The van der Waals surface area contributed by atoms with E-state index in [1.165, 1.54) is 12.1 Å². The monoisotopic (exact) mass is 249 g/mol. The van der Waals surface area contributed by atoms with Crippen molar-refractivity contribution in [1.82, 2.24) is 0 Å². The van der Waals surface area contributed by atoms with Gasteiger partial charge in [-0.3, -0.25) is 0 Å². The number of phenolic OH excluding ortho intramolecular Hbond substituents is 1. The van der Waals surface area contributed by atoms with Crippen molar-refractivity contribution >= 4 is 0 Å². The zero-order chi connectivity index (χ0) is 13.2. The maximum Gasteiger partial charge on any atom is 0.403 e. The maximum absolute atomic E-state index is 12.2. The summed E-state index contributed by atoms with van der Waals surface area (Å²) < 4.78 is 36.6. The Bertz CT molecular complexity index is 393. The number of hydrogen-bond donors (Lipinski definition) is 3. The number of hydrogen-bond acceptors (Lipinski definition) is 3. The topological polar surface area (TPSA) is 66.5 Å². The molecule has 0 aliphatic rings. The second kappa shape index (κ2) is 4.93. The van der Waals surface area contributed by atoms with Gasteiger partial charge >= 0.3 is 6.18 Å². The van der Waals surface area contributed by atoms with Crippen LogP contribution in [0.1, 0.15) is 23.7 Å². The molecule has 0 heterocycles. The Morgan fingerprint density at radius 3 is 2.47 bits per heavy atom. The van der Waals surface area contributed by atoms with E-state index in [0.717, 1.165) is 5.56 Å². The molecule has 0 radical (unpaired) electrons. The summed E-state index contributed by atoms with van der Waals surface area (Å²) in [4.78, 5) is 0. The van der Waals surface area contributed by atoms with E-state index in [4.69, 9.17) is 5.73 Å². The number of aryl methyl sites for hydroxylation is 1. The molecule has 96 valence electrons. The summed E-state index contributed by atoms with van der Waals surface area (Å²) in [6.45, 7) is 1.71. The number of benzene rings is 1. The molecule has 17 heavy (non-hydrogen) atoms. The number of aromatic hydroxyl groups is 1. The second-order valence-electron chi connectivity index (χ2n) is 3.96. The fraction of sp³-hybridized carbons (Fsp3) is 0.455. The predicted octanol–water partition coefficient (Wildman–Crippen LogP) is 2.01. The molecule has 0 fully saturated rings. The van der Waals surface area contributed by atoms with Gasteiger partial charge in [0.1, 0.15) is 11.8 Å². The van der Waals surface area contributed by atoms with Crippen molar-refractivity contribution < 1.29 is 23.4 Å². The summed E-state index contributed by atoms with van der Waals surface area (Å²) in [6, 6.07) is 2.24. The van der Waals surface area contributed by atoms with Gasteiger partial charge in [-0.05, 0) is 19.1 Å². The first-order chi connectivity index (χ1) is 7.71. The van der Waals surface area contributed by atoms with Crippen LogP contribution in [0.5, 0.6) is 5.75 Å². The first kappa shape index (κ1) is 13.8. The van der Waals surface area contributed by atoms with Crippen LogP contribution in [0.3, 0.4) is 0 Å². The van der Waals surface area contributed by atoms with Crippen molar-refractivity contribution in [3.05, 3.63) is 29.3 Å². The highest BCUT2D eigenvalue weighted by atomic mass is 19.4. The molecule has 2 atom stereocenters. The van der Waals surface area contributed by atoms with Gasteiger partial charge in [-0.1, -0.05) is 11.6 Å². The summed E-state index contributed by atoms with van der Waals surface area (Å²) in [5.41, 5.74) is 5.70. The SMILES string of the molecule is Cc1ccc(O)c([C@H](O)C[C@H](N)C(F)(F)F)c1. The van der Waals surface area contributed by atoms with Gasteiger partial charge in [0, 0.05) is 12.0 Å². The summed E-state index contributed by atoms with van der Waals surface area (Å²) in [5, 5.41) is 19.1. The molecule has 0 aliphatic heterocycles. The molecule has 3 nitrogen and oxygen atoms in total. The van der Waals surface area contributed by atoms with Crippen molar-refractivity contribution in [3.8, 4) is 5.75 Å². The van der Waals surface area contributed by atoms with E-state index >= 15 is 0 Å². The lowest BCUT2D eigenvalue weighted by Gasteiger charge is -2.20. The number of alkyl halides is 3. The highest BCUT2D eigenvalue weighted by Crippen LogP contribution is 2.31. The van der Waals surface area contributed by atoms with E-state index < -0.39 is 24.7 Å². The molecule has 0 amide bonds. The van der Waals surface area contributed by atoms with Crippen LogP contribution in [-0.2, 0) is 0 Å². The molecule has 1 aromatic rings. The molecule has 4 N–H and O–H groups in total. The van der Waals surface area contributed by atoms with E-state index in [0.29, 0.717) is 0 Å². The summed E-state index contributed by atoms with van der Waals surface area (Å²) in [7, 11) is 0. The van der Waals surface area contributed by atoms with Gasteiger partial charge in [0.15, 0.2) is 0 Å². The Morgan fingerprint density at radius 1 is 1.35 bits per heavy atom. The lowest BCUT2D eigenvalue weighted by atomic mass is 9.99. The van der Waals surface area contributed by atoms with Crippen LogP contribution < -0.4 is 5.73 Å². The van der Waals surface area contributed by atoms with E-state index in [1.807, 2.05) is 0 Å². The Morgan fingerprint density at radius 2 is 1.94 bits per heavy atom. The number of nitrogens with two attached hydrogens (primary N) is 1. The molecule has 0 unspecified atom stereocenters. The molecular formula is C11H14F3NO2. The molecule has 0 aliphatic carbocycles. The van der Waals surface area contributed by atoms with Crippen molar-refractivity contribution in [3.63, 3.8) is 0 Å². The summed E-state index contributed by atoms with van der Waals surface area (Å²) in [6.07, 6.45) is -6.67. The number of halogens is 3. The van der Waals surface area contributed by atoms with Crippen LogP contribution in [0.2, 0.25) is 0 Å². The van der Waals surface area contributed by atoms with E-state index in [1.54, 1.807) is 13.0 Å². The first-order valence-corrected chi connectivity index (χ1v) is 5.01. The smallest absolute Gasteiger partial charge is 0.403 e. The highest BCUT2D eigenvalue weighted by molar-refractivity contribution is 5.37. The third kappa shape index (κ3) is 3.61. The molecule has 6 heteroatoms. The van der Waals surface area contributed by atoms with Crippen LogP contribution >= 0.6 is 0 Å². The standard InChI is InChI=1S/C11H14F3NO2/c1-6-2-3-8(16)7(4-6)9(17)5-10(15)11(12,13)14/h2-4,9-10,16-17H,5,15H2,1H3/t9-,10+/m1/s1. The molecule has 0 aromatic heterocycles. The Hall–Kier alpha value is -1.27. The number of rotatable bonds is 3. The van der Waals surface area contributed by atoms with Crippen molar-refractivity contribution in [2.75, 3.05) is 0 Å². The van der Waals surface area contributed by atoms with Crippen molar-refractivity contribution in [1.29, 1.82) is 0 Å². The minimum atomic E-state index is -4.56. The van der Waals surface area contributed by atoms with Crippen molar-refractivity contribution in [2.45, 2.75) is 31.7 Å². The quantitative estimate of drug-likeness (QED) is 0.767. The van der Waals surface area contributed by atoms with Crippen LogP contribution in [0, 0.1) is 6.92 Å². The lowest BCUT2D eigenvalue weighted by Crippen LogP contribution is -2.38. The minimum absolute atomic E-state index is 0.0599. The fourth-order valence-electron chi connectivity index (χ4n) is 1.44. The van der Waals surface area contributed by atoms with Crippen LogP contribution in [-0.4, -0.2) is 22.4 Å². The number of aliphatic hydroxyl groups excluding tert-OH is 1. The minimum Gasteiger partial charge on any atom is -0.508 e. The third-order valence-electron chi connectivity index (χ3n) is 2.44. The third-order valence-corrected chi connectivity index (χ3v) is 2.44. The summed E-state index contributed by atoms with van der Waals surface area (Å²) in [5.74, 6) is -0.238. The molecule has 1 aromatic carbocycles. The van der Waals surface area contributed by atoms with Gasteiger partial charge in [-0.25, -0.2) is 0 Å².